The van der Waals surface area contributed by atoms with Gasteiger partial charge in [0, 0.05) is 7.05 Å². The monoisotopic (exact) mass is 296 g/mol. The van der Waals surface area contributed by atoms with Crippen molar-refractivity contribution >= 4 is 12.0 Å². The SMILES string of the molecule is Cc1cc(CNC(=O)[C@@H]2CC[C@@H](NC(=O)O)CO2)n(C)n1. The van der Waals surface area contributed by atoms with Gasteiger partial charge in [0.25, 0.3) is 0 Å². The number of amides is 2. The fourth-order valence-corrected chi connectivity index (χ4v) is 2.37. The molecule has 2 heterocycles. The number of carbonyl (C=O) groups is 2. The Kier molecular flexibility index (Phi) is 4.79. The lowest BCUT2D eigenvalue weighted by atomic mass is 10.0. The Morgan fingerprint density at radius 3 is 2.81 bits per heavy atom. The van der Waals surface area contributed by atoms with Gasteiger partial charge in [0.05, 0.1) is 30.6 Å². The van der Waals surface area contributed by atoms with E-state index in [-0.39, 0.29) is 18.6 Å². The highest BCUT2D eigenvalue weighted by atomic mass is 16.5. The van der Waals surface area contributed by atoms with Crippen molar-refractivity contribution in [3.63, 3.8) is 0 Å². The number of rotatable bonds is 4. The molecule has 2 amide bonds. The van der Waals surface area contributed by atoms with E-state index in [1.54, 1.807) is 4.68 Å². The van der Waals surface area contributed by atoms with E-state index in [0.717, 1.165) is 11.4 Å². The van der Waals surface area contributed by atoms with E-state index in [9.17, 15) is 9.59 Å². The quantitative estimate of drug-likeness (QED) is 0.734. The van der Waals surface area contributed by atoms with Gasteiger partial charge in [0.2, 0.25) is 5.91 Å². The maximum atomic E-state index is 12.0. The van der Waals surface area contributed by atoms with Gasteiger partial charge in [-0.2, -0.15) is 5.10 Å². The summed E-state index contributed by atoms with van der Waals surface area (Å²) >= 11 is 0. The molecule has 0 aliphatic carbocycles. The van der Waals surface area contributed by atoms with Crippen LogP contribution in [-0.4, -0.2) is 45.6 Å². The Balaban J connectivity index is 1.77. The Morgan fingerprint density at radius 1 is 1.52 bits per heavy atom. The van der Waals surface area contributed by atoms with Crippen molar-refractivity contribution in [1.82, 2.24) is 20.4 Å². The largest absolute Gasteiger partial charge is 0.465 e. The molecular weight excluding hydrogens is 276 g/mol. The number of hydrogen-bond acceptors (Lipinski definition) is 4. The average molecular weight is 296 g/mol. The Hall–Kier alpha value is -2.09. The molecule has 0 unspecified atom stereocenters. The van der Waals surface area contributed by atoms with Crippen LogP contribution in [-0.2, 0) is 23.1 Å². The lowest BCUT2D eigenvalue weighted by Gasteiger charge is -2.28. The molecule has 116 valence electrons. The second-order valence-corrected chi connectivity index (χ2v) is 5.16. The van der Waals surface area contributed by atoms with E-state index in [2.05, 4.69) is 15.7 Å². The maximum absolute atomic E-state index is 12.0. The Morgan fingerprint density at radius 2 is 2.29 bits per heavy atom. The molecule has 0 saturated carbocycles. The van der Waals surface area contributed by atoms with Crippen molar-refractivity contribution in [2.75, 3.05) is 6.61 Å². The summed E-state index contributed by atoms with van der Waals surface area (Å²) in [5, 5.41) is 18.0. The van der Waals surface area contributed by atoms with Gasteiger partial charge in [0.1, 0.15) is 6.10 Å². The molecule has 21 heavy (non-hydrogen) atoms. The summed E-state index contributed by atoms with van der Waals surface area (Å²) in [4.78, 5) is 22.5. The smallest absolute Gasteiger partial charge is 0.404 e. The molecule has 3 N–H and O–H groups in total. The van der Waals surface area contributed by atoms with Gasteiger partial charge < -0.3 is 20.5 Å². The highest BCUT2D eigenvalue weighted by molar-refractivity contribution is 5.80. The summed E-state index contributed by atoms with van der Waals surface area (Å²) in [6, 6.07) is 1.67. The zero-order valence-electron chi connectivity index (χ0n) is 12.1. The van der Waals surface area contributed by atoms with E-state index in [1.165, 1.54) is 0 Å². The average Bonchev–Trinajstić information content (AvgIpc) is 2.74. The first-order valence-electron chi connectivity index (χ1n) is 6.84. The highest BCUT2D eigenvalue weighted by Gasteiger charge is 2.27. The van der Waals surface area contributed by atoms with Gasteiger partial charge in [-0.3, -0.25) is 9.48 Å². The number of aromatic nitrogens is 2. The van der Waals surface area contributed by atoms with Crippen LogP contribution in [0.4, 0.5) is 4.79 Å². The van der Waals surface area contributed by atoms with Crippen molar-refractivity contribution in [2.24, 2.45) is 7.05 Å². The zero-order chi connectivity index (χ0) is 15.4. The second kappa shape index (κ2) is 6.57. The number of carboxylic acid groups (broad SMARTS) is 1. The van der Waals surface area contributed by atoms with Crippen LogP contribution >= 0.6 is 0 Å². The summed E-state index contributed by atoms with van der Waals surface area (Å²) in [5.74, 6) is -0.178. The molecule has 1 fully saturated rings. The molecule has 2 rings (SSSR count). The third-order valence-electron chi connectivity index (χ3n) is 3.44. The lowest BCUT2D eigenvalue weighted by Crippen LogP contribution is -2.46. The number of aryl methyl sites for hydroxylation is 2. The second-order valence-electron chi connectivity index (χ2n) is 5.16. The van der Waals surface area contributed by atoms with Gasteiger partial charge in [-0.25, -0.2) is 4.79 Å². The van der Waals surface area contributed by atoms with Gasteiger partial charge in [-0.05, 0) is 25.8 Å². The summed E-state index contributed by atoms with van der Waals surface area (Å²) in [5.41, 5.74) is 1.82. The minimum atomic E-state index is -1.07. The van der Waals surface area contributed by atoms with E-state index in [0.29, 0.717) is 19.4 Å². The van der Waals surface area contributed by atoms with Crippen molar-refractivity contribution in [2.45, 2.75) is 38.5 Å². The van der Waals surface area contributed by atoms with Crippen molar-refractivity contribution in [3.05, 3.63) is 17.5 Å². The van der Waals surface area contributed by atoms with Crippen LogP contribution in [0.5, 0.6) is 0 Å². The van der Waals surface area contributed by atoms with E-state index < -0.39 is 12.2 Å². The molecule has 1 saturated heterocycles. The van der Waals surface area contributed by atoms with Gasteiger partial charge in [-0.15, -0.1) is 0 Å². The molecule has 8 nitrogen and oxygen atoms in total. The first-order chi connectivity index (χ1) is 9.95. The number of nitrogens with zero attached hydrogens (tertiary/aromatic N) is 2. The number of nitrogens with one attached hydrogen (secondary N) is 2. The Bertz CT molecular complexity index is 520. The van der Waals surface area contributed by atoms with E-state index in [4.69, 9.17) is 9.84 Å². The molecule has 1 aromatic rings. The number of ether oxygens (including phenoxy) is 1. The molecule has 1 aromatic heterocycles. The molecular formula is C13H20N4O4. The fraction of sp³-hybridized carbons (Fsp3) is 0.615. The normalized spacial score (nSPS) is 21.8. The molecule has 0 spiro atoms. The topological polar surface area (TPSA) is 105 Å². The molecule has 1 aliphatic heterocycles. The maximum Gasteiger partial charge on any atom is 0.404 e. The summed E-state index contributed by atoms with van der Waals surface area (Å²) in [6.45, 7) is 2.51. The predicted molar refractivity (Wildman–Crippen MR) is 73.7 cm³/mol. The Labute approximate surface area is 122 Å². The van der Waals surface area contributed by atoms with Crippen LogP contribution in [0.2, 0.25) is 0 Å². The minimum absolute atomic E-state index is 0.178. The standard InChI is InChI=1S/C13H20N4O4/c1-8-5-10(17(2)16-8)6-14-12(18)11-4-3-9(7-21-11)15-13(19)20/h5,9,11,15H,3-4,6-7H2,1-2H3,(H,14,18)(H,19,20)/t9-,11+/m1/s1. The van der Waals surface area contributed by atoms with Crippen LogP contribution in [0.1, 0.15) is 24.2 Å². The van der Waals surface area contributed by atoms with Crippen LogP contribution < -0.4 is 10.6 Å². The number of carbonyl (C=O) groups excluding carboxylic acids is 1. The van der Waals surface area contributed by atoms with Crippen LogP contribution in [0.25, 0.3) is 0 Å². The number of hydrogen-bond donors (Lipinski definition) is 3. The third kappa shape index (κ3) is 4.19. The summed E-state index contributed by atoms with van der Waals surface area (Å²) < 4.78 is 7.14. The molecule has 1 aliphatic rings. The van der Waals surface area contributed by atoms with Crippen molar-refractivity contribution in [1.29, 1.82) is 0 Å². The fourth-order valence-electron chi connectivity index (χ4n) is 2.37. The first kappa shape index (κ1) is 15.3. The van der Waals surface area contributed by atoms with Crippen molar-refractivity contribution < 1.29 is 19.4 Å². The summed E-state index contributed by atoms with van der Waals surface area (Å²) in [6.07, 6.45) is -0.500. The predicted octanol–water partition coefficient (Wildman–Crippen LogP) is 0.160. The molecule has 0 radical (unpaired) electrons. The van der Waals surface area contributed by atoms with Crippen molar-refractivity contribution in [3.8, 4) is 0 Å². The zero-order valence-corrected chi connectivity index (χ0v) is 12.1. The molecule has 0 bridgehead atoms. The lowest BCUT2D eigenvalue weighted by molar-refractivity contribution is -0.136. The summed E-state index contributed by atoms with van der Waals surface area (Å²) in [7, 11) is 1.83. The molecule has 8 heteroatoms. The third-order valence-corrected chi connectivity index (χ3v) is 3.44. The minimum Gasteiger partial charge on any atom is -0.465 e. The van der Waals surface area contributed by atoms with Crippen LogP contribution in [0, 0.1) is 6.92 Å². The van der Waals surface area contributed by atoms with E-state index in [1.807, 2.05) is 20.0 Å². The van der Waals surface area contributed by atoms with Crippen LogP contribution in [0.15, 0.2) is 6.07 Å². The van der Waals surface area contributed by atoms with E-state index >= 15 is 0 Å². The molecule has 0 aromatic carbocycles. The highest BCUT2D eigenvalue weighted by Crippen LogP contribution is 2.14. The van der Waals surface area contributed by atoms with Gasteiger partial charge in [-0.1, -0.05) is 0 Å². The van der Waals surface area contributed by atoms with Crippen LogP contribution in [0.3, 0.4) is 0 Å². The van der Waals surface area contributed by atoms with Gasteiger partial charge >= 0.3 is 6.09 Å². The first-order valence-corrected chi connectivity index (χ1v) is 6.84. The molecule has 2 atom stereocenters. The van der Waals surface area contributed by atoms with Gasteiger partial charge in [0.15, 0.2) is 0 Å².